The van der Waals surface area contributed by atoms with Crippen molar-refractivity contribution in [2.45, 2.75) is 13.5 Å². The van der Waals surface area contributed by atoms with E-state index < -0.39 is 0 Å². The van der Waals surface area contributed by atoms with Crippen molar-refractivity contribution in [3.05, 3.63) is 59.8 Å². The van der Waals surface area contributed by atoms with Gasteiger partial charge in [-0.1, -0.05) is 11.3 Å². The van der Waals surface area contributed by atoms with Gasteiger partial charge in [-0.3, -0.25) is 14.4 Å². The highest BCUT2D eigenvalue weighted by molar-refractivity contribution is 7.22. The van der Waals surface area contributed by atoms with Crippen LogP contribution in [0.15, 0.2) is 47.1 Å². The highest BCUT2D eigenvalue weighted by Gasteiger charge is 2.25. The van der Waals surface area contributed by atoms with Crippen LogP contribution in [0.25, 0.3) is 10.2 Å². The summed E-state index contributed by atoms with van der Waals surface area (Å²) in [4.78, 5) is 19.5. The number of amides is 1. The zero-order chi connectivity index (χ0) is 19.0. The fourth-order valence-electron chi connectivity index (χ4n) is 2.87. The lowest BCUT2D eigenvalue weighted by molar-refractivity contribution is 0.0974. The van der Waals surface area contributed by atoms with Gasteiger partial charge in [-0.2, -0.15) is 5.10 Å². The first-order valence-electron chi connectivity index (χ1n) is 8.34. The predicted molar refractivity (Wildman–Crippen MR) is 103 cm³/mol. The van der Waals surface area contributed by atoms with E-state index >= 15 is 0 Å². The maximum Gasteiger partial charge on any atom is 0.278 e. The van der Waals surface area contributed by atoms with Crippen molar-refractivity contribution in [2.24, 2.45) is 7.05 Å². The second kappa shape index (κ2) is 6.88. The average Bonchev–Trinajstić information content (AvgIpc) is 3.37. The molecule has 0 aliphatic rings. The van der Waals surface area contributed by atoms with Crippen molar-refractivity contribution in [3.63, 3.8) is 0 Å². The molecule has 0 fully saturated rings. The molecule has 7 nitrogen and oxygen atoms in total. The van der Waals surface area contributed by atoms with Crippen LogP contribution in [0.4, 0.5) is 5.13 Å². The molecule has 0 unspecified atom stereocenters. The number of thiazole rings is 1. The van der Waals surface area contributed by atoms with Gasteiger partial charge in [-0.05, 0) is 37.3 Å². The largest absolute Gasteiger partial charge is 0.497 e. The van der Waals surface area contributed by atoms with Crippen LogP contribution in [0.3, 0.4) is 0 Å². The van der Waals surface area contributed by atoms with Gasteiger partial charge in [-0.15, -0.1) is 0 Å². The molecule has 3 heterocycles. The van der Waals surface area contributed by atoms with Gasteiger partial charge in [0.1, 0.15) is 17.2 Å². The molecule has 27 heavy (non-hydrogen) atoms. The summed E-state index contributed by atoms with van der Waals surface area (Å²) in [7, 11) is 3.38. The normalized spacial score (nSPS) is 11.1. The summed E-state index contributed by atoms with van der Waals surface area (Å²) >= 11 is 1.45. The lowest BCUT2D eigenvalue weighted by atomic mass is 10.3. The third kappa shape index (κ3) is 3.31. The van der Waals surface area contributed by atoms with Crippen LogP contribution < -0.4 is 9.64 Å². The Morgan fingerprint density at radius 2 is 2.19 bits per heavy atom. The van der Waals surface area contributed by atoms with E-state index in [1.165, 1.54) is 11.3 Å². The third-order valence-electron chi connectivity index (χ3n) is 4.17. The maximum atomic E-state index is 13.3. The first kappa shape index (κ1) is 17.3. The molecule has 4 aromatic rings. The summed E-state index contributed by atoms with van der Waals surface area (Å²) in [6.45, 7) is 2.14. The number of hydrogen-bond donors (Lipinski definition) is 0. The molecule has 0 saturated heterocycles. The summed E-state index contributed by atoms with van der Waals surface area (Å²) in [5.74, 6) is 1.23. The minimum Gasteiger partial charge on any atom is -0.497 e. The molecule has 0 atom stereocenters. The number of aromatic nitrogens is 3. The number of anilines is 1. The molecule has 8 heteroatoms. The quantitative estimate of drug-likeness (QED) is 0.525. The van der Waals surface area contributed by atoms with Crippen molar-refractivity contribution in [2.75, 3.05) is 12.0 Å². The zero-order valence-electron chi connectivity index (χ0n) is 15.2. The topological polar surface area (TPSA) is 73.4 Å². The molecule has 0 aliphatic carbocycles. The van der Waals surface area contributed by atoms with E-state index in [1.54, 1.807) is 42.1 Å². The molecule has 0 saturated carbocycles. The number of benzene rings is 1. The molecule has 0 radical (unpaired) electrons. The van der Waals surface area contributed by atoms with Gasteiger partial charge < -0.3 is 9.15 Å². The Morgan fingerprint density at radius 3 is 2.85 bits per heavy atom. The minimum atomic E-state index is -0.180. The fraction of sp³-hybridized carbons (Fsp3) is 0.211. The Hall–Kier alpha value is -3.13. The van der Waals surface area contributed by atoms with Crippen LogP contribution in [-0.4, -0.2) is 27.8 Å². The molecule has 1 amide bonds. The molecule has 138 valence electrons. The second-order valence-electron chi connectivity index (χ2n) is 6.10. The lowest BCUT2D eigenvalue weighted by Gasteiger charge is -2.18. The number of nitrogens with zero attached hydrogens (tertiary/aromatic N) is 4. The molecular formula is C19H18N4O3S. The molecule has 3 aromatic heterocycles. The van der Waals surface area contributed by atoms with Crippen molar-refractivity contribution >= 4 is 32.6 Å². The molecular weight excluding hydrogens is 364 g/mol. The number of carbonyl (C=O) groups is 1. The van der Waals surface area contributed by atoms with E-state index in [9.17, 15) is 4.79 Å². The van der Waals surface area contributed by atoms with Crippen LogP contribution in [0, 0.1) is 6.92 Å². The smallest absolute Gasteiger partial charge is 0.278 e. The summed E-state index contributed by atoms with van der Waals surface area (Å²) in [6, 6.07) is 11.1. The van der Waals surface area contributed by atoms with Gasteiger partial charge in [-0.25, -0.2) is 4.98 Å². The van der Waals surface area contributed by atoms with Crippen molar-refractivity contribution in [1.29, 1.82) is 0 Å². The Kier molecular flexibility index (Phi) is 4.41. The first-order valence-corrected chi connectivity index (χ1v) is 9.16. The molecule has 0 aliphatic heterocycles. The molecule has 4 rings (SSSR count). The van der Waals surface area contributed by atoms with Crippen molar-refractivity contribution < 1.29 is 13.9 Å². The van der Waals surface area contributed by atoms with Gasteiger partial charge in [0.05, 0.1) is 35.8 Å². The summed E-state index contributed by atoms with van der Waals surface area (Å²) in [5.41, 5.74) is 2.07. The SMILES string of the molecule is COc1ccc2sc(N(Cc3ccco3)C(=O)c3cc(C)nn3C)nc2c1. The van der Waals surface area contributed by atoms with Crippen LogP contribution in [-0.2, 0) is 13.6 Å². The van der Waals surface area contributed by atoms with Crippen LogP contribution in [0.1, 0.15) is 21.9 Å². The third-order valence-corrected chi connectivity index (χ3v) is 5.23. The number of fused-ring (bicyclic) bond motifs is 1. The van der Waals surface area contributed by atoms with Gasteiger partial charge in [0, 0.05) is 13.1 Å². The maximum absolute atomic E-state index is 13.3. The van der Waals surface area contributed by atoms with Gasteiger partial charge >= 0.3 is 0 Å². The highest BCUT2D eigenvalue weighted by atomic mass is 32.1. The Labute approximate surface area is 159 Å². The number of ether oxygens (including phenoxy) is 1. The van der Waals surface area contributed by atoms with E-state index in [0.717, 1.165) is 21.7 Å². The van der Waals surface area contributed by atoms with Crippen molar-refractivity contribution in [3.8, 4) is 5.75 Å². The van der Waals surface area contributed by atoms with Gasteiger partial charge in [0.2, 0.25) is 0 Å². The van der Waals surface area contributed by atoms with E-state index in [1.807, 2.05) is 31.2 Å². The Morgan fingerprint density at radius 1 is 1.33 bits per heavy atom. The predicted octanol–water partition coefficient (Wildman–Crippen LogP) is 3.79. The number of carbonyl (C=O) groups excluding carboxylic acids is 1. The standard InChI is InChI=1S/C19H18N4O3S/c1-12-9-16(22(2)21-12)18(24)23(11-14-5-4-8-26-14)19-20-15-10-13(25-3)6-7-17(15)27-19/h4-10H,11H2,1-3H3. The molecule has 1 aromatic carbocycles. The van der Waals surface area contributed by atoms with Crippen LogP contribution >= 0.6 is 11.3 Å². The van der Waals surface area contributed by atoms with Gasteiger partial charge in [0.15, 0.2) is 5.13 Å². The number of aryl methyl sites for hydroxylation is 2. The zero-order valence-corrected chi connectivity index (χ0v) is 16.0. The average molecular weight is 382 g/mol. The summed E-state index contributed by atoms with van der Waals surface area (Å²) in [6.07, 6.45) is 1.59. The highest BCUT2D eigenvalue weighted by Crippen LogP contribution is 2.32. The van der Waals surface area contributed by atoms with Crippen molar-refractivity contribution in [1.82, 2.24) is 14.8 Å². The van der Waals surface area contributed by atoms with E-state index in [0.29, 0.717) is 16.6 Å². The number of hydrogen-bond acceptors (Lipinski definition) is 6. The number of methoxy groups -OCH3 is 1. The lowest BCUT2D eigenvalue weighted by Crippen LogP contribution is -2.31. The Bertz CT molecular complexity index is 1100. The Balaban J connectivity index is 1.77. The molecule has 0 N–H and O–H groups in total. The van der Waals surface area contributed by atoms with Crippen LogP contribution in [0.2, 0.25) is 0 Å². The number of furan rings is 1. The minimum absolute atomic E-state index is 0.180. The molecule has 0 spiro atoms. The van der Waals surface area contributed by atoms with E-state index in [2.05, 4.69) is 10.1 Å². The fourth-order valence-corrected chi connectivity index (χ4v) is 3.81. The molecule has 0 bridgehead atoms. The second-order valence-corrected chi connectivity index (χ2v) is 7.10. The van der Waals surface area contributed by atoms with E-state index in [-0.39, 0.29) is 12.5 Å². The first-order chi connectivity index (χ1) is 13.0. The monoisotopic (exact) mass is 382 g/mol. The van der Waals surface area contributed by atoms with Gasteiger partial charge in [0.25, 0.3) is 5.91 Å². The number of rotatable bonds is 5. The van der Waals surface area contributed by atoms with E-state index in [4.69, 9.17) is 9.15 Å². The summed E-state index contributed by atoms with van der Waals surface area (Å²) < 4.78 is 13.3. The summed E-state index contributed by atoms with van der Waals surface area (Å²) in [5, 5.41) is 4.88. The van der Waals surface area contributed by atoms with Crippen LogP contribution in [0.5, 0.6) is 5.75 Å².